The second kappa shape index (κ2) is 14.0. The van der Waals surface area contributed by atoms with Crippen LogP contribution in [0.25, 0.3) is 0 Å². The van der Waals surface area contributed by atoms with Crippen LogP contribution in [0.15, 0.2) is 77.7 Å². The number of nitrogens with zero attached hydrogens (tertiary/aromatic N) is 2. The van der Waals surface area contributed by atoms with E-state index in [1.165, 1.54) is 17.0 Å². The van der Waals surface area contributed by atoms with E-state index in [1.807, 2.05) is 33.8 Å². The van der Waals surface area contributed by atoms with Crippen LogP contribution in [0.5, 0.6) is 11.5 Å². The molecule has 41 heavy (non-hydrogen) atoms. The van der Waals surface area contributed by atoms with Gasteiger partial charge in [0.2, 0.25) is 11.8 Å². The third-order valence-electron chi connectivity index (χ3n) is 6.41. The molecule has 0 unspecified atom stereocenters. The lowest BCUT2D eigenvalue weighted by Crippen LogP contribution is -2.52. The molecule has 10 heteroatoms. The highest BCUT2D eigenvalue weighted by atomic mass is 32.2. The third-order valence-corrected chi connectivity index (χ3v) is 8.20. The summed E-state index contributed by atoms with van der Waals surface area (Å²) in [6.45, 7) is 9.05. The summed E-state index contributed by atoms with van der Waals surface area (Å²) in [5, 5.41) is 2.85. The Bertz CT molecular complexity index is 1420. The van der Waals surface area contributed by atoms with Gasteiger partial charge in [-0.1, -0.05) is 29.8 Å². The van der Waals surface area contributed by atoms with Crippen LogP contribution < -0.4 is 19.1 Å². The van der Waals surface area contributed by atoms with Crippen molar-refractivity contribution in [3.05, 3.63) is 83.9 Å². The maximum Gasteiger partial charge on any atom is 0.264 e. The summed E-state index contributed by atoms with van der Waals surface area (Å²) < 4.78 is 39.8. The number of methoxy groups -OCH3 is 1. The Hall–Kier alpha value is -4.05. The minimum atomic E-state index is -4.17. The van der Waals surface area contributed by atoms with Crippen molar-refractivity contribution in [1.29, 1.82) is 0 Å². The first-order valence-corrected chi connectivity index (χ1v) is 14.9. The van der Waals surface area contributed by atoms with Crippen molar-refractivity contribution in [2.24, 2.45) is 0 Å². The number of amides is 2. The van der Waals surface area contributed by atoms with Crippen LogP contribution in [-0.4, -0.2) is 57.5 Å². The Morgan fingerprint density at radius 2 is 1.59 bits per heavy atom. The zero-order valence-electron chi connectivity index (χ0n) is 24.5. The number of benzene rings is 3. The van der Waals surface area contributed by atoms with Crippen molar-refractivity contribution >= 4 is 27.5 Å². The first kappa shape index (κ1) is 31.5. The maximum atomic E-state index is 14.0. The summed E-state index contributed by atoms with van der Waals surface area (Å²) in [5.41, 5.74) is 2.01. The molecule has 9 nitrogen and oxygen atoms in total. The fourth-order valence-corrected chi connectivity index (χ4v) is 5.61. The second-order valence-corrected chi connectivity index (χ2v) is 11.8. The molecule has 2 amide bonds. The van der Waals surface area contributed by atoms with Gasteiger partial charge in [0.15, 0.2) is 0 Å². The number of hydrogen-bond donors (Lipinski definition) is 1. The molecule has 3 aromatic carbocycles. The average Bonchev–Trinajstić information content (AvgIpc) is 2.95. The van der Waals surface area contributed by atoms with Gasteiger partial charge in [-0.3, -0.25) is 13.9 Å². The Morgan fingerprint density at radius 1 is 0.927 bits per heavy atom. The van der Waals surface area contributed by atoms with E-state index in [0.29, 0.717) is 23.8 Å². The van der Waals surface area contributed by atoms with E-state index in [4.69, 9.17) is 9.47 Å². The molecule has 0 aromatic heterocycles. The van der Waals surface area contributed by atoms with Gasteiger partial charge in [-0.15, -0.1) is 0 Å². The normalized spacial score (nSPS) is 12.0. The molecule has 0 fully saturated rings. The molecule has 0 bridgehead atoms. The Morgan fingerprint density at radius 3 is 2.17 bits per heavy atom. The third kappa shape index (κ3) is 8.23. The molecule has 0 saturated heterocycles. The summed E-state index contributed by atoms with van der Waals surface area (Å²) in [6, 6.07) is 19.2. The van der Waals surface area contributed by atoms with E-state index in [9.17, 15) is 18.0 Å². The lowest BCUT2D eigenvalue weighted by molar-refractivity contribution is -0.139. The van der Waals surface area contributed by atoms with Crippen molar-refractivity contribution in [3.63, 3.8) is 0 Å². The molecule has 3 rings (SSSR count). The van der Waals surface area contributed by atoms with Gasteiger partial charge in [0.05, 0.1) is 24.3 Å². The van der Waals surface area contributed by atoms with Gasteiger partial charge in [0, 0.05) is 12.6 Å². The van der Waals surface area contributed by atoms with Crippen LogP contribution in [0.4, 0.5) is 5.69 Å². The smallest absolute Gasteiger partial charge is 0.264 e. The van der Waals surface area contributed by atoms with Crippen molar-refractivity contribution in [3.8, 4) is 11.5 Å². The van der Waals surface area contributed by atoms with Crippen LogP contribution in [0.3, 0.4) is 0 Å². The highest BCUT2D eigenvalue weighted by Crippen LogP contribution is 2.26. The molecule has 0 spiro atoms. The molecular formula is C31H39N3O6S. The topological polar surface area (TPSA) is 105 Å². The molecule has 0 radical (unpaired) electrons. The van der Waals surface area contributed by atoms with Crippen molar-refractivity contribution in [2.75, 3.05) is 24.6 Å². The van der Waals surface area contributed by atoms with E-state index in [1.54, 1.807) is 68.6 Å². The number of hydrogen-bond acceptors (Lipinski definition) is 6. The SMILES string of the molecule is CCOc1ccc(S(=O)(=O)N(CC(=O)N(Cc2cccc(OC)c2)[C@@H](C)C(=O)NC(C)C)c2ccc(C)cc2)cc1. The summed E-state index contributed by atoms with van der Waals surface area (Å²) in [7, 11) is -2.62. The number of ether oxygens (including phenoxy) is 2. The fourth-order valence-electron chi connectivity index (χ4n) is 4.20. The fraction of sp³-hybridized carbons (Fsp3) is 0.355. The van der Waals surface area contributed by atoms with Gasteiger partial charge in [0.1, 0.15) is 24.1 Å². The minimum absolute atomic E-state index is 0.0132. The molecule has 1 N–H and O–H groups in total. The van der Waals surface area contributed by atoms with E-state index in [0.717, 1.165) is 15.4 Å². The number of carbonyl (C=O) groups is 2. The predicted octanol–water partition coefficient (Wildman–Crippen LogP) is 4.54. The van der Waals surface area contributed by atoms with Crippen LogP contribution in [0.1, 0.15) is 38.8 Å². The van der Waals surface area contributed by atoms with E-state index in [2.05, 4.69) is 5.32 Å². The predicted molar refractivity (Wildman–Crippen MR) is 160 cm³/mol. The first-order valence-electron chi connectivity index (χ1n) is 13.5. The van der Waals surface area contributed by atoms with Crippen LogP contribution in [0, 0.1) is 6.92 Å². The average molecular weight is 582 g/mol. The van der Waals surface area contributed by atoms with Crippen molar-refractivity contribution in [1.82, 2.24) is 10.2 Å². The summed E-state index contributed by atoms with van der Waals surface area (Å²) in [5.74, 6) is 0.272. The summed E-state index contributed by atoms with van der Waals surface area (Å²) in [4.78, 5) is 28.4. The molecule has 0 aliphatic carbocycles. The van der Waals surface area contributed by atoms with Gasteiger partial charge < -0.3 is 19.7 Å². The van der Waals surface area contributed by atoms with Crippen LogP contribution in [-0.2, 0) is 26.2 Å². The second-order valence-electron chi connectivity index (χ2n) is 9.96. The van der Waals surface area contributed by atoms with Gasteiger partial charge in [-0.05, 0) is 88.7 Å². The van der Waals surface area contributed by atoms with Crippen molar-refractivity contribution < 1.29 is 27.5 Å². The molecule has 3 aromatic rings. The number of anilines is 1. The molecule has 0 aliphatic rings. The van der Waals surface area contributed by atoms with E-state index in [-0.39, 0.29) is 23.4 Å². The van der Waals surface area contributed by atoms with Gasteiger partial charge >= 0.3 is 0 Å². The highest BCUT2D eigenvalue weighted by molar-refractivity contribution is 7.92. The van der Waals surface area contributed by atoms with Crippen LogP contribution >= 0.6 is 0 Å². The quantitative estimate of drug-likeness (QED) is 0.318. The number of carbonyl (C=O) groups excluding carboxylic acids is 2. The summed E-state index contributed by atoms with van der Waals surface area (Å²) >= 11 is 0. The maximum absolute atomic E-state index is 14.0. The number of aryl methyl sites for hydroxylation is 1. The van der Waals surface area contributed by atoms with E-state index >= 15 is 0 Å². The van der Waals surface area contributed by atoms with Crippen LogP contribution in [0.2, 0.25) is 0 Å². The minimum Gasteiger partial charge on any atom is -0.497 e. The molecule has 0 aliphatic heterocycles. The number of rotatable bonds is 13. The Balaban J connectivity index is 2.02. The monoisotopic (exact) mass is 581 g/mol. The number of nitrogens with one attached hydrogen (secondary N) is 1. The largest absolute Gasteiger partial charge is 0.497 e. The van der Waals surface area contributed by atoms with E-state index < -0.39 is 28.5 Å². The van der Waals surface area contributed by atoms with Gasteiger partial charge in [0.25, 0.3) is 10.0 Å². The molecular weight excluding hydrogens is 542 g/mol. The van der Waals surface area contributed by atoms with Gasteiger partial charge in [-0.2, -0.15) is 0 Å². The molecule has 220 valence electrons. The molecule has 0 heterocycles. The lowest BCUT2D eigenvalue weighted by atomic mass is 10.1. The highest BCUT2D eigenvalue weighted by Gasteiger charge is 2.32. The van der Waals surface area contributed by atoms with Crippen molar-refractivity contribution in [2.45, 2.75) is 58.1 Å². The molecule has 0 saturated carbocycles. The zero-order chi connectivity index (χ0) is 30.2. The summed E-state index contributed by atoms with van der Waals surface area (Å²) in [6.07, 6.45) is 0. The standard InChI is InChI=1S/C31H39N3O6S/c1-7-40-27-15-17-29(18-16-27)41(37,38)34(26-13-11-23(4)12-14-26)21-30(35)33(24(5)31(36)32-22(2)3)20-25-9-8-10-28(19-25)39-6/h8-19,22,24H,7,20-21H2,1-6H3,(H,32,36)/t24-/m0/s1. The Labute approximate surface area is 243 Å². The zero-order valence-corrected chi connectivity index (χ0v) is 25.3. The number of sulfonamides is 1. The van der Waals surface area contributed by atoms with Gasteiger partial charge in [-0.25, -0.2) is 8.42 Å². The lowest BCUT2D eigenvalue weighted by Gasteiger charge is -2.32. The first-order chi connectivity index (χ1) is 19.5. The Kier molecular flexibility index (Phi) is 10.8. The molecule has 1 atom stereocenters.